The van der Waals surface area contributed by atoms with Gasteiger partial charge in [0.1, 0.15) is 17.2 Å². The molecule has 0 aliphatic heterocycles. The van der Waals surface area contributed by atoms with Crippen molar-refractivity contribution in [1.82, 2.24) is 16.1 Å². The van der Waals surface area contributed by atoms with Crippen molar-refractivity contribution in [2.45, 2.75) is 33.9 Å². The van der Waals surface area contributed by atoms with Crippen LogP contribution in [0.2, 0.25) is 0 Å². The van der Waals surface area contributed by atoms with Gasteiger partial charge in [0.2, 0.25) is 0 Å². The predicted octanol–water partition coefficient (Wildman–Crippen LogP) is 2.84. The molecule has 0 aliphatic carbocycles. The molecule has 0 heterocycles. The molecule has 0 fully saturated rings. The molecule has 0 aliphatic rings. The summed E-state index contributed by atoms with van der Waals surface area (Å²) in [5.74, 6) is -2.08. The molecule has 0 saturated heterocycles. The number of carbonyl (C=O) groups excluding carboxylic acids is 5. The number of rotatable bonds is 11. The van der Waals surface area contributed by atoms with Gasteiger partial charge in [0.25, 0.3) is 11.8 Å². The quantitative estimate of drug-likeness (QED) is 0.180. The molecule has 41 heavy (non-hydrogen) atoms. The van der Waals surface area contributed by atoms with E-state index >= 15 is 0 Å². The third-order valence-corrected chi connectivity index (χ3v) is 5.19. The van der Waals surface area contributed by atoms with E-state index in [0.717, 1.165) is 11.1 Å². The van der Waals surface area contributed by atoms with E-state index in [9.17, 15) is 24.0 Å². The maximum Gasteiger partial charge on any atom is 0.308 e. The third-order valence-electron chi connectivity index (χ3n) is 5.19. The van der Waals surface area contributed by atoms with Crippen molar-refractivity contribution in [1.29, 1.82) is 0 Å². The molecule has 3 rings (SSSR count). The van der Waals surface area contributed by atoms with Crippen LogP contribution in [0.5, 0.6) is 23.0 Å². The maximum absolute atomic E-state index is 12.8. The number of nitrogens with one attached hydrogen (secondary N) is 3. The highest BCUT2D eigenvalue weighted by molar-refractivity contribution is 5.96. The van der Waals surface area contributed by atoms with E-state index < -0.39 is 29.7 Å². The SMILES string of the molecule is CNOc1cc(OC(C)=O)cc(C(=O)NCc2cccc(CNC(=O)c3cc(OC(C)=O)cc(OC(C)=O)c3)c2)c1. The van der Waals surface area contributed by atoms with Gasteiger partial charge in [-0.25, -0.2) is 0 Å². The minimum Gasteiger partial charge on any atom is -0.427 e. The summed E-state index contributed by atoms with van der Waals surface area (Å²) in [6, 6.07) is 15.6. The molecule has 3 aromatic rings. The zero-order chi connectivity index (χ0) is 29.9. The first-order chi connectivity index (χ1) is 19.5. The zero-order valence-corrected chi connectivity index (χ0v) is 22.9. The number of ether oxygens (including phenoxy) is 3. The largest absolute Gasteiger partial charge is 0.427 e. The smallest absolute Gasteiger partial charge is 0.308 e. The Hall–Kier alpha value is -5.23. The van der Waals surface area contributed by atoms with Crippen LogP contribution in [-0.4, -0.2) is 36.8 Å². The monoisotopic (exact) mass is 563 g/mol. The fourth-order valence-corrected chi connectivity index (χ4v) is 3.68. The van der Waals surface area contributed by atoms with Crippen molar-refractivity contribution in [3.05, 3.63) is 82.9 Å². The fraction of sp³-hybridized carbons (Fsp3) is 0.207. The number of hydrogen-bond acceptors (Lipinski definition) is 10. The average Bonchev–Trinajstić information content (AvgIpc) is 2.89. The summed E-state index contributed by atoms with van der Waals surface area (Å²) in [4.78, 5) is 64.9. The average molecular weight is 564 g/mol. The molecule has 3 N–H and O–H groups in total. The Kier molecular flexibility index (Phi) is 10.5. The summed E-state index contributed by atoms with van der Waals surface area (Å²) in [5, 5.41) is 5.57. The van der Waals surface area contributed by atoms with Gasteiger partial charge >= 0.3 is 17.9 Å². The molecular formula is C29H29N3O9. The number of benzene rings is 3. The summed E-state index contributed by atoms with van der Waals surface area (Å²) in [7, 11) is 1.55. The lowest BCUT2D eigenvalue weighted by atomic mass is 10.1. The minimum absolute atomic E-state index is 0.0576. The third kappa shape index (κ3) is 9.79. The number of esters is 3. The van der Waals surface area contributed by atoms with E-state index in [-0.39, 0.29) is 47.2 Å². The molecule has 214 valence electrons. The van der Waals surface area contributed by atoms with E-state index in [2.05, 4.69) is 16.1 Å². The molecule has 0 radical (unpaired) electrons. The van der Waals surface area contributed by atoms with Crippen molar-refractivity contribution in [2.75, 3.05) is 7.05 Å². The normalized spacial score (nSPS) is 10.2. The van der Waals surface area contributed by atoms with Crippen molar-refractivity contribution in [3.8, 4) is 23.0 Å². The Morgan fingerprint density at radius 1 is 0.585 bits per heavy atom. The summed E-state index contributed by atoms with van der Waals surface area (Å²) in [5.41, 5.74) is 4.37. The molecule has 3 aromatic carbocycles. The second-order valence-corrected chi connectivity index (χ2v) is 8.66. The van der Waals surface area contributed by atoms with Crippen LogP contribution in [0.25, 0.3) is 0 Å². The minimum atomic E-state index is -0.593. The maximum atomic E-state index is 12.8. The Labute approximate surface area is 235 Å². The Bertz CT molecular complexity index is 1440. The van der Waals surface area contributed by atoms with Crippen LogP contribution in [0.4, 0.5) is 0 Å². The molecule has 12 nitrogen and oxygen atoms in total. The van der Waals surface area contributed by atoms with Gasteiger partial charge in [0.05, 0.1) is 0 Å². The second-order valence-electron chi connectivity index (χ2n) is 8.66. The molecule has 0 saturated carbocycles. The van der Waals surface area contributed by atoms with E-state index in [0.29, 0.717) is 0 Å². The summed E-state index contributed by atoms with van der Waals surface area (Å²) >= 11 is 0. The van der Waals surface area contributed by atoms with Gasteiger partial charge in [0.15, 0.2) is 5.75 Å². The topological polar surface area (TPSA) is 158 Å². The molecule has 0 bridgehead atoms. The Balaban J connectivity index is 1.66. The first kappa shape index (κ1) is 30.3. The highest BCUT2D eigenvalue weighted by Crippen LogP contribution is 2.24. The lowest BCUT2D eigenvalue weighted by Gasteiger charge is -2.12. The number of hydrogen-bond donors (Lipinski definition) is 3. The van der Waals surface area contributed by atoms with Crippen molar-refractivity contribution >= 4 is 29.7 Å². The van der Waals surface area contributed by atoms with Crippen molar-refractivity contribution in [2.24, 2.45) is 0 Å². The highest BCUT2D eigenvalue weighted by atomic mass is 16.6. The zero-order valence-electron chi connectivity index (χ0n) is 22.9. The molecule has 2 amide bonds. The summed E-state index contributed by atoms with van der Waals surface area (Å²) < 4.78 is 15.2. The standard InChI is InChI=1S/C29H29N3O9/c1-17(33)38-24-9-22(10-25(13-24)39-18(2)34)28(36)31-15-20-6-5-7-21(8-20)16-32-29(37)23-11-26(40-19(3)35)14-27(12-23)41-30-4/h5-14,30H,15-16H2,1-4H3,(H,31,36)(H,32,37). The van der Waals surface area contributed by atoms with Crippen LogP contribution in [0.15, 0.2) is 60.7 Å². The number of hydroxylamine groups is 1. The van der Waals surface area contributed by atoms with Gasteiger partial charge in [-0.3, -0.25) is 24.0 Å². The number of carbonyl (C=O) groups is 5. The Morgan fingerprint density at radius 3 is 1.37 bits per heavy atom. The fourth-order valence-electron chi connectivity index (χ4n) is 3.68. The van der Waals surface area contributed by atoms with Crippen LogP contribution >= 0.6 is 0 Å². The van der Waals surface area contributed by atoms with Crippen LogP contribution in [0, 0.1) is 0 Å². The van der Waals surface area contributed by atoms with Gasteiger partial charge in [-0.05, 0) is 35.4 Å². The first-order valence-corrected chi connectivity index (χ1v) is 12.4. The van der Waals surface area contributed by atoms with Gasteiger partial charge in [-0.15, -0.1) is 0 Å². The van der Waals surface area contributed by atoms with E-state index in [1.807, 2.05) is 12.1 Å². The molecule has 0 atom stereocenters. The van der Waals surface area contributed by atoms with E-state index in [4.69, 9.17) is 19.0 Å². The van der Waals surface area contributed by atoms with Crippen LogP contribution < -0.4 is 35.2 Å². The summed E-state index contributed by atoms with van der Waals surface area (Å²) in [6.45, 7) is 4.00. The Morgan fingerprint density at radius 2 is 0.976 bits per heavy atom. The van der Waals surface area contributed by atoms with Crippen LogP contribution in [0.3, 0.4) is 0 Å². The first-order valence-electron chi connectivity index (χ1n) is 12.4. The molecule has 0 aromatic heterocycles. The molecule has 0 unspecified atom stereocenters. The lowest BCUT2D eigenvalue weighted by Crippen LogP contribution is -2.24. The second kappa shape index (κ2) is 14.2. The van der Waals surface area contributed by atoms with Gasteiger partial charge < -0.3 is 29.7 Å². The highest BCUT2D eigenvalue weighted by Gasteiger charge is 2.14. The summed E-state index contributed by atoms with van der Waals surface area (Å²) in [6.07, 6.45) is 0. The van der Waals surface area contributed by atoms with Gasteiger partial charge in [-0.2, -0.15) is 5.48 Å². The van der Waals surface area contributed by atoms with Gasteiger partial charge in [-0.1, -0.05) is 24.3 Å². The van der Waals surface area contributed by atoms with Gasteiger partial charge in [0, 0.05) is 64.2 Å². The van der Waals surface area contributed by atoms with E-state index in [1.165, 1.54) is 57.2 Å². The molecule has 0 spiro atoms. The molecular weight excluding hydrogens is 534 g/mol. The number of amides is 2. The van der Waals surface area contributed by atoms with E-state index in [1.54, 1.807) is 19.2 Å². The lowest BCUT2D eigenvalue weighted by molar-refractivity contribution is -0.133. The predicted molar refractivity (Wildman–Crippen MR) is 145 cm³/mol. The van der Waals surface area contributed by atoms with Crippen LogP contribution in [-0.2, 0) is 27.5 Å². The molecule has 12 heteroatoms. The van der Waals surface area contributed by atoms with Crippen molar-refractivity contribution in [3.63, 3.8) is 0 Å². The van der Waals surface area contributed by atoms with Crippen molar-refractivity contribution < 1.29 is 43.0 Å². The van der Waals surface area contributed by atoms with Crippen LogP contribution in [0.1, 0.15) is 52.6 Å².